The van der Waals surface area contributed by atoms with E-state index in [1.165, 1.54) is 0 Å². The van der Waals surface area contributed by atoms with Crippen molar-refractivity contribution < 1.29 is 4.52 Å². The molecule has 1 aromatic rings. The molecular weight excluding hydrogens is 258 g/mol. The number of rotatable bonds is 5. The smallest absolute Gasteiger partial charge is 0.246 e. The van der Waals surface area contributed by atoms with Crippen LogP contribution >= 0.6 is 11.8 Å². The lowest BCUT2D eigenvalue weighted by atomic mass is 9.78. The lowest BCUT2D eigenvalue weighted by Gasteiger charge is -2.32. The van der Waals surface area contributed by atoms with Crippen LogP contribution in [0.15, 0.2) is 4.52 Å². The summed E-state index contributed by atoms with van der Waals surface area (Å²) in [6, 6.07) is 0. The van der Waals surface area contributed by atoms with Crippen LogP contribution in [0, 0.1) is 11.8 Å². The van der Waals surface area contributed by atoms with Gasteiger partial charge in [0.1, 0.15) is 0 Å². The van der Waals surface area contributed by atoms with E-state index in [9.17, 15) is 0 Å². The molecule has 1 aliphatic rings. The Morgan fingerprint density at radius 3 is 2.74 bits per heavy atom. The van der Waals surface area contributed by atoms with Gasteiger partial charge < -0.3 is 10.3 Å². The van der Waals surface area contributed by atoms with Crippen LogP contribution in [-0.4, -0.2) is 15.9 Å². The van der Waals surface area contributed by atoms with Crippen molar-refractivity contribution in [1.29, 1.82) is 0 Å². The van der Waals surface area contributed by atoms with Gasteiger partial charge in [0.05, 0.1) is 11.3 Å². The van der Waals surface area contributed by atoms with Gasteiger partial charge in [-0.05, 0) is 43.3 Å². The van der Waals surface area contributed by atoms with E-state index in [-0.39, 0.29) is 5.54 Å². The SMILES string of the molecule is CC(C)CSCc1noc(C2(N)CCC(C)CC2)n1. The van der Waals surface area contributed by atoms with Gasteiger partial charge in [-0.2, -0.15) is 16.7 Å². The number of nitrogens with two attached hydrogens (primary N) is 1. The first-order valence-electron chi connectivity index (χ1n) is 7.19. The summed E-state index contributed by atoms with van der Waals surface area (Å²) in [7, 11) is 0. The summed E-state index contributed by atoms with van der Waals surface area (Å²) >= 11 is 1.85. The standard InChI is InChI=1S/C14H25N3OS/c1-10(2)8-19-9-12-16-13(18-17-12)14(15)6-4-11(3)5-7-14/h10-11H,4-9,15H2,1-3H3. The predicted octanol–water partition coefficient (Wildman–Crippen LogP) is 3.32. The van der Waals surface area contributed by atoms with Gasteiger partial charge in [-0.25, -0.2) is 0 Å². The largest absolute Gasteiger partial charge is 0.337 e. The maximum Gasteiger partial charge on any atom is 0.246 e. The molecule has 0 amide bonds. The first-order chi connectivity index (χ1) is 8.99. The number of aromatic nitrogens is 2. The molecule has 1 saturated carbocycles. The van der Waals surface area contributed by atoms with Gasteiger partial charge in [0, 0.05) is 0 Å². The van der Waals surface area contributed by atoms with E-state index in [1.807, 2.05) is 11.8 Å². The molecule has 5 heteroatoms. The highest BCUT2D eigenvalue weighted by Gasteiger charge is 2.36. The Bertz CT molecular complexity index is 397. The molecule has 0 unspecified atom stereocenters. The third kappa shape index (κ3) is 3.96. The van der Waals surface area contributed by atoms with Crippen LogP contribution in [0.5, 0.6) is 0 Å². The van der Waals surface area contributed by atoms with Crippen molar-refractivity contribution >= 4 is 11.8 Å². The van der Waals surface area contributed by atoms with Crippen LogP contribution < -0.4 is 5.73 Å². The van der Waals surface area contributed by atoms with E-state index < -0.39 is 0 Å². The Morgan fingerprint density at radius 2 is 2.11 bits per heavy atom. The molecule has 2 rings (SSSR count). The Labute approximate surface area is 119 Å². The molecular formula is C14H25N3OS. The fourth-order valence-electron chi connectivity index (χ4n) is 2.39. The monoisotopic (exact) mass is 283 g/mol. The second-order valence-corrected chi connectivity index (χ2v) is 7.29. The van der Waals surface area contributed by atoms with Crippen molar-refractivity contribution in [1.82, 2.24) is 10.1 Å². The van der Waals surface area contributed by atoms with E-state index in [2.05, 4.69) is 30.9 Å². The lowest BCUT2D eigenvalue weighted by Crippen LogP contribution is -2.40. The van der Waals surface area contributed by atoms with Crippen LogP contribution in [0.2, 0.25) is 0 Å². The normalized spacial score (nSPS) is 27.9. The molecule has 0 atom stereocenters. The summed E-state index contributed by atoms with van der Waals surface area (Å²) in [4.78, 5) is 4.50. The van der Waals surface area contributed by atoms with E-state index in [0.717, 1.165) is 48.9 Å². The molecule has 0 aliphatic heterocycles. The summed E-state index contributed by atoms with van der Waals surface area (Å²) in [6.07, 6.45) is 4.20. The molecule has 1 aromatic heterocycles. The van der Waals surface area contributed by atoms with Crippen molar-refractivity contribution in [3.05, 3.63) is 11.7 Å². The van der Waals surface area contributed by atoms with Crippen molar-refractivity contribution in [2.45, 2.75) is 57.7 Å². The molecule has 2 N–H and O–H groups in total. The van der Waals surface area contributed by atoms with Crippen molar-refractivity contribution in [3.63, 3.8) is 0 Å². The quantitative estimate of drug-likeness (QED) is 0.898. The number of nitrogens with zero attached hydrogens (tertiary/aromatic N) is 2. The fourth-order valence-corrected chi connectivity index (χ4v) is 3.28. The molecule has 0 radical (unpaired) electrons. The summed E-state index contributed by atoms with van der Waals surface area (Å²) in [5.41, 5.74) is 6.04. The van der Waals surface area contributed by atoms with Crippen molar-refractivity contribution in [2.24, 2.45) is 17.6 Å². The predicted molar refractivity (Wildman–Crippen MR) is 78.8 cm³/mol. The van der Waals surface area contributed by atoms with Crippen LogP contribution in [0.3, 0.4) is 0 Å². The van der Waals surface area contributed by atoms with Crippen LogP contribution in [-0.2, 0) is 11.3 Å². The summed E-state index contributed by atoms with van der Waals surface area (Å²) in [5, 5.41) is 4.07. The fraction of sp³-hybridized carbons (Fsp3) is 0.857. The van der Waals surface area contributed by atoms with Gasteiger partial charge in [-0.1, -0.05) is 25.9 Å². The molecule has 0 saturated heterocycles. The van der Waals surface area contributed by atoms with Crippen LogP contribution in [0.4, 0.5) is 0 Å². The van der Waals surface area contributed by atoms with Crippen molar-refractivity contribution in [2.75, 3.05) is 5.75 Å². The minimum atomic E-state index is -0.388. The van der Waals surface area contributed by atoms with Crippen LogP contribution in [0.25, 0.3) is 0 Å². The molecule has 4 nitrogen and oxygen atoms in total. The van der Waals surface area contributed by atoms with Gasteiger partial charge in [-0.3, -0.25) is 0 Å². The van der Waals surface area contributed by atoms with Gasteiger partial charge in [-0.15, -0.1) is 0 Å². The number of hydrogen-bond donors (Lipinski definition) is 1. The van der Waals surface area contributed by atoms with Gasteiger partial charge in [0.2, 0.25) is 5.89 Å². The zero-order valence-electron chi connectivity index (χ0n) is 12.2. The zero-order chi connectivity index (χ0) is 13.9. The van der Waals surface area contributed by atoms with E-state index in [1.54, 1.807) is 0 Å². The lowest BCUT2D eigenvalue weighted by molar-refractivity contribution is 0.190. The highest BCUT2D eigenvalue weighted by atomic mass is 32.2. The molecule has 1 fully saturated rings. The maximum atomic E-state index is 6.43. The molecule has 0 spiro atoms. The maximum absolute atomic E-state index is 6.43. The molecule has 1 aliphatic carbocycles. The van der Waals surface area contributed by atoms with Crippen molar-refractivity contribution in [3.8, 4) is 0 Å². The zero-order valence-corrected chi connectivity index (χ0v) is 13.0. The van der Waals surface area contributed by atoms with Gasteiger partial charge >= 0.3 is 0 Å². The average Bonchev–Trinajstić information content (AvgIpc) is 2.82. The van der Waals surface area contributed by atoms with E-state index >= 15 is 0 Å². The Hall–Kier alpha value is -0.550. The summed E-state index contributed by atoms with van der Waals surface area (Å²) in [5.74, 6) is 4.81. The van der Waals surface area contributed by atoms with Gasteiger partial charge in [0.15, 0.2) is 5.82 Å². The highest BCUT2D eigenvalue weighted by Crippen LogP contribution is 2.36. The first-order valence-corrected chi connectivity index (χ1v) is 8.35. The summed E-state index contributed by atoms with van der Waals surface area (Å²) in [6.45, 7) is 6.71. The molecule has 108 valence electrons. The molecule has 19 heavy (non-hydrogen) atoms. The minimum absolute atomic E-state index is 0.388. The Kier molecular flexibility index (Phi) is 4.90. The van der Waals surface area contributed by atoms with Crippen LogP contribution in [0.1, 0.15) is 58.2 Å². The summed E-state index contributed by atoms with van der Waals surface area (Å²) < 4.78 is 5.40. The molecule has 0 aromatic carbocycles. The average molecular weight is 283 g/mol. The number of thioether (sulfide) groups is 1. The highest BCUT2D eigenvalue weighted by molar-refractivity contribution is 7.98. The van der Waals surface area contributed by atoms with E-state index in [4.69, 9.17) is 10.3 Å². The second kappa shape index (κ2) is 6.27. The second-order valence-electron chi connectivity index (χ2n) is 6.26. The minimum Gasteiger partial charge on any atom is -0.337 e. The first kappa shape index (κ1) is 14.9. The Balaban J connectivity index is 1.92. The molecule has 0 bridgehead atoms. The van der Waals surface area contributed by atoms with Gasteiger partial charge in [0.25, 0.3) is 0 Å². The third-order valence-electron chi connectivity index (χ3n) is 3.74. The molecule has 1 heterocycles. The topological polar surface area (TPSA) is 64.9 Å². The van der Waals surface area contributed by atoms with E-state index in [0.29, 0.717) is 11.8 Å². The number of hydrogen-bond acceptors (Lipinski definition) is 5. The Morgan fingerprint density at radius 1 is 1.42 bits per heavy atom. The third-order valence-corrected chi connectivity index (χ3v) is 5.11.